The summed E-state index contributed by atoms with van der Waals surface area (Å²) in [6.07, 6.45) is 0. The van der Waals surface area contributed by atoms with Gasteiger partial charge in [0.25, 0.3) is 0 Å². The van der Waals surface area contributed by atoms with Gasteiger partial charge in [-0.15, -0.1) is 10.2 Å². The molecule has 1 aromatic carbocycles. The molecular weight excluding hydrogens is 324 g/mol. The Bertz CT molecular complexity index is 920. The molecule has 0 amide bonds. The number of hydrogen-bond donors (Lipinski definition) is 0. The number of fused-ring (bicyclic) bond motifs is 1. The third-order valence-electron chi connectivity index (χ3n) is 3.65. The van der Waals surface area contributed by atoms with Crippen molar-refractivity contribution >= 4 is 23.2 Å². The molecule has 0 saturated carbocycles. The Morgan fingerprint density at radius 1 is 1.21 bits per heavy atom. The molecule has 0 radical (unpaired) electrons. The third-order valence-corrected chi connectivity index (χ3v) is 4.57. The maximum absolute atomic E-state index is 12.6. The molecule has 2 heterocycles. The van der Waals surface area contributed by atoms with E-state index in [2.05, 4.69) is 15.2 Å². The number of aryl methyl sites for hydroxylation is 3. The number of benzene rings is 1. The van der Waals surface area contributed by atoms with E-state index in [0.29, 0.717) is 16.5 Å². The van der Waals surface area contributed by atoms with Gasteiger partial charge in [-0.05, 0) is 32.9 Å². The Morgan fingerprint density at radius 3 is 2.75 bits per heavy atom. The van der Waals surface area contributed by atoms with Crippen LogP contribution in [-0.4, -0.2) is 38.2 Å². The quantitative estimate of drug-likeness (QED) is 0.524. The summed E-state index contributed by atoms with van der Waals surface area (Å²) in [6, 6.07) is 7.46. The maximum atomic E-state index is 12.6. The number of aromatic nitrogens is 4. The van der Waals surface area contributed by atoms with E-state index in [1.165, 1.54) is 11.8 Å². The highest BCUT2D eigenvalue weighted by molar-refractivity contribution is 7.99. The van der Waals surface area contributed by atoms with E-state index >= 15 is 0 Å². The number of methoxy groups -OCH3 is 1. The fraction of sp³-hybridized carbons (Fsp3) is 0.294. The van der Waals surface area contributed by atoms with Crippen molar-refractivity contribution in [2.24, 2.45) is 0 Å². The predicted molar refractivity (Wildman–Crippen MR) is 93.0 cm³/mol. The van der Waals surface area contributed by atoms with Crippen LogP contribution in [0.2, 0.25) is 0 Å². The van der Waals surface area contributed by atoms with E-state index in [1.807, 2.05) is 49.4 Å². The Kier molecular flexibility index (Phi) is 4.53. The average Bonchev–Trinajstić information content (AvgIpc) is 2.95. The summed E-state index contributed by atoms with van der Waals surface area (Å²) >= 11 is 1.35. The molecule has 0 aliphatic carbocycles. The first kappa shape index (κ1) is 16.4. The maximum Gasteiger partial charge on any atom is 0.197 e. The van der Waals surface area contributed by atoms with Crippen LogP contribution in [0.4, 0.5) is 0 Å². The van der Waals surface area contributed by atoms with Crippen LogP contribution < -0.4 is 4.74 Å². The number of ketones is 1. The first-order valence-electron chi connectivity index (χ1n) is 7.49. The standard InChI is InChI=1S/C17H18N4O2S/c1-10-5-6-15(23-4)13(7-10)14(22)9-24-17-20-19-16-8-11(2)18-12(3)21(16)17/h5-8H,9H2,1-4H3. The van der Waals surface area contributed by atoms with Crippen molar-refractivity contribution in [3.63, 3.8) is 0 Å². The largest absolute Gasteiger partial charge is 0.496 e. The lowest BCUT2D eigenvalue weighted by atomic mass is 10.1. The Hall–Kier alpha value is -2.41. The van der Waals surface area contributed by atoms with Gasteiger partial charge in [0.15, 0.2) is 16.6 Å². The molecule has 0 bridgehead atoms. The van der Waals surface area contributed by atoms with E-state index in [-0.39, 0.29) is 11.5 Å². The molecule has 0 N–H and O–H groups in total. The van der Waals surface area contributed by atoms with Gasteiger partial charge in [0.05, 0.1) is 18.4 Å². The minimum Gasteiger partial charge on any atom is -0.496 e. The molecule has 3 rings (SSSR count). The van der Waals surface area contributed by atoms with Crippen LogP contribution in [0.5, 0.6) is 5.75 Å². The summed E-state index contributed by atoms with van der Waals surface area (Å²) in [6.45, 7) is 5.77. The van der Waals surface area contributed by atoms with Crippen molar-refractivity contribution in [1.29, 1.82) is 0 Å². The number of carbonyl (C=O) groups excluding carboxylic acids is 1. The Morgan fingerprint density at radius 2 is 2.00 bits per heavy atom. The summed E-state index contributed by atoms with van der Waals surface area (Å²) in [5.74, 6) is 1.65. The summed E-state index contributed by atoms with van der Waals surface area (Å²) in [5.41, 5.74) is 3.24. The van der Waals surface area contributed by atoms with Gasteiger partial charge in [-0.1, -0.05) is 23.4 Å². The van der Waals surface area contributed by atoms with Crippen molar-refractivity contribution in [2.75, 3.05) is 12.9 Å². The molecule has 6 nitrogen and oxygen atoms in total. The van der Waals surface area contributed by atoms with E-state index in [1.54, 1.807) is 7.11 Å². The molecule has 0 aliphatic rings. The third kappa shape index (κ3) is 3.12. The number of rotatable bonds is 5. The Balaban J connectivity index is 1.84. The minimum atomic E-state index is -0.00461. The molecule has 0 aliphatic heterocycles. The van der Waals surface area contributed by atoms with Crippen molar-refractivity contribution < 1.29 is 9.53 Å². The topological polar surface area (TPSA) is 69.4 Å². The lowest BCUT2D eigenvalue weighted by Crippen LogP contribution is -2.06. The lowest BCUT2D eigenvalue weighted by molar-refractivity contribution is 0.101. The highest BCUT2D eigenvalue weighted by Crippen LogP contribution is 2.24. The van der Waals surface area contributed by atoms with E-state index in [0.717, 1.165) is 22.7 Å². The predicted octanol–water partition coefficient (Wildman–Crippen LogP) is 3.03. The second-order valence-corrected chi connectivity index (χ2v) is 6.48. The fourth-order valence-electron chi connectivity index (χ4n) is 2.54. The zero-order chi connectivity index (χ0) is 17.3. The highest BCUT2D eigenvalue weighted by Gasteiger charge is 2.16. The van der Waals surface area contributed by atoms with Crippen molar-refractivity contribution in [2.45, 2.75) is 25.9 Å². The van der Waals surface area contributed by atoms with Crippen LogP contribution >= 0.6 is 11.8 Å². The zero-order valence-corrected chi connectivity index (χ0v) is 14.8. The van der Waals surface area contributed by atoms with E-state index in [9.17, 15) is 4.79 Å². The lowest BCUT2D eigenvalue weighted by Gasteiger charge is -2.08. The van der Waals surface area contributed by atoms with Crippen molar-refractivity contribution in [3.05, 3.63) is 46.9 Å². The van der Waals surface area contributed by atoms with E-state index in [4.69, 9.17) is 4.74 Å². The number of ether oxygens (including phenoxy) is 1. The number of hydrogen-bond acceptors (Lipinski definition) is 6. The molecule has 0 fully saturated rings. The molecule has 7 heteroatoms. The van der Waals surface area contributed by atoms with Gasteiger partial charge in [-0.2, -0.15) is 0 Å². The van der Waals surface area contributed by atoms with Gasteiger partial charge in [-0.3, -0.25) is 9.20 Å². The van der Waals surface area contributed by atoms with Crippen LogP contribution in [0.1, 0.15) is 27.4 Å². The number of carbonyl (C=O) groups is 1. The van der Waals surface area contributed by atoms with Crippen LogP contribution in [0, 0.1) is 20.8 Å². The molecule has 0 spiro atoms. The first-order chi connectivity index (χ1) is 11.5. The van der Waals surface area contributed by atoms with Gasteiger partial charge in [0.1, 0.15) is 11.6 Å². The molecule has 124 valence electrons. The normalized spacial score (nSPS) is 11.0. The first-order valence-corrected chi connectivity index (χ1v) is 8.48. The van der Waals surface area contributed by atoms with Crippen LogP contribution in [0.3, 0.4) is 0 Å². The summed E-state index contributed by atoms with van der Waals surface area (Å²) < 4.78 is 7.15. The molecule has 0 saturated heterocycles. The Labute approximate surface area is 144 Å². The molecular formula is C17H18N4O2S. The second kappa shape index (κ2) is 6.60. The van der Waals surface area contributed by atoms with E-state index < -0.39 is 0 Å². The molecule has 0 atom stereocenters. The summed E-state index contributed by atoms with van der Waals surface area (Å²) in [4.78, 5) is 17.0. The smallest absolute Gasteiger partial charge is 0.197 e. The van der Waals surface area contributed by atoms with Gasteiger partial charge in [-0.25, -0.2) is 4.98 Å². The summed E-state index contributed by atoms with van der Waals surface area (Å²) in [7, 11) is 1.57. The SMILES string of the molecule is COc1ccc(C)cc1C(=O)CSc1nnc2cc(C)nc(C)n12. The zero-order valence-electron chi connectivity index (χ0n) is 14.0. The van der Waals surface area contributed by atoms with Gasteiger partial charge in [0.2, 0.25) is 0 Å². The molecule has 24 heavy (non-hydrogen) atoms. The van der Waals surface area contributed by atoms with Gasteiger partial charge >= 0.3 is 0 Å². The molecule has 3 aromatic rings. The van der Waals surface area contributed by atoms with Crippen LogP contribution in [0.15, 0.2) is 29.4 Å². The number of nitrogens with zero attached hydrogens (tertiary/aromatic N) is 4. The van der Waals surface area contributed by atoms with Crippen molar-refractivity contribution in [1.82, 2.24) is 19.6 Å². The highest BCUT2D eigenvalue weighted by atomic mass is 32.2. The monoisotopic (exact) mass is 342 g/mol. The summed E-state index contributed by atoms with van der Waals surface area (Å²) in [5, 5.41) is 8.99. The average molecular weight is 342 g/mol. The van der Waals surface area contributed by atoms with Crippen LogP contribution in [0.25, 0.3) is 5.65 Å². The van der Waals surface area contributed by atoms with Crippen LogP contribution in [-0.2, 0) is 0 Å². The minimum absolute atomic E-state index is 0.00461. The number of thioether (sulfide) groups is 1. The molecule has 0 unspecified atom stereocenters. The van der Waals surface area contributed by atoms with Gasteiger partial charge < -0.3 is 4.74 Å². The van der Waals surface area contributed by atoms with Crippen molar-refractivity contribution in [3.8, 4) is 5.75 Å². The van der Waals surface area contributed by atoms with Gasteiger partial charge in [0, 0.05) is 11.8 Å². The second-order valence-electron chi connectivity index (χ2n) is 5.54. The fourth-order valence-corrected chi connectivity index (χ4v) is 3.41. The number of Topliss-reactive ketones (excluding diaryl/α,β-unsaturated/α-hetero) is 1. The molecule has 2 aromatic heterocycles.